The highest BCUT2D eigenvalue weighted by Crippen LogP contribution is 2.25. The number of nitrogens with one attached hydrogen (secondary N) is 1. The van der Waals surface area contributed by atoms with E-state index in [0.29, 0.717) is 5.75 Å². The first-order valence-electron chi connectivity index (χ1n) is 6.28. The van der Waals surface area contributed by atoms with E-state index >= 15 is 0 Å². The van der Waals surface area contributed by atoms with Gasteiger partial charge in [-0.25, -0.2) is 4.98 Å². The van der Waals surface area contributed by atoms with Crippen molar-refractivity contribution in [3.63, 3.8) is 0 Å². The van der Waals surface area contributed by atoms with Gasteiger partial charge < -0.3 is 10.1 Å². The summed E-state index contributed by atoms with van der Waals surface area (Å²) < 4.78 is 5.29. The molecule has 1 N–H and O–H groups in total. The summed E-state index contributed by atoms with van der Waals surface area (Å²) in [5.74, 6) is 0.396. The first-order valence-corrected chi connectivity index (χ1v) is 7.04. The van der Waals surface area contributed by atoms with Crippen molar-refractivity contribution in [2.45, 2.75) is 13.0 Å². The molecule has 21 heavy (non-hydrogen) atoms. The molecule has 4 nitrogen and oxygen atoms in total. The van der Waals surface area contributed by atoms with Crippen LogP contribution in [0.4, 0.5) is 0 Å². The van der Waals surface area contributed by atoms with Gasteiger partial charge >= 0.3 is 0 Å². The van der Waals surface area contributed by atoms with Gasteiger partial charge in [0.15, 0.2) is 0 Å². The molecule has 1 heterocycles. The summed E-state index contributed by atoms with van der Waals surface area (Å²) in [7, 11) is 1.59. The number of pyridine rings is 1. The molecule has 110 valence electrons. The Hall–Kier alpha value is -1.78. The normalized spacial score (nSPS) is 11.8. The number of carbonyl (C=O) groups excluding carboxylic acids is 1. The van der Waals surface area contributed by atoms with Crippen molar-refractivity contribution in [3.05, 3.63) is 57.8 Å². The number of halogens is 2. The molecule has 1 atom stereocenters. The largest absolute Gasteiger partial charge is 0.496 e. The van der Waals surface area contributed by atoms with E-state index in [1.165, 1.54) is 6.07 Å². The van der Waals surface area contributed by atoms with Gasteiger partial charge in [0.1, 0.15) is 16.1 Å². The average molecular weight is 325 g/mol. The van der Waals surface area contributed by atoms with Crippen molar-refractivity contribution < 1.29 is 9.53 Å². The Morgan fingerprint density at radius 2 is 1.95 bits per heavy atom. The molecule has 2 aromatic rings. The van der Waals surface area contributed by atoms with Gasteiger partial charge in [-0.2, -0.15) is 0 Å². The van der Waals surface area contributed by atoms with Crippen molar-refractivity contribution in [1.29, 1.82) is 0 Å². The molecule has 2 rings (SSSR count). The molecule has 1 amide bonds. The minimum absolute atomic E-state index is 0.0761. The molecule has 0 saturated heterocycles. The fourth-order valence-electron chi connectivity index (χ4n) is 1.96. The van der Waals surface area contributed by atoms with Crippen molar-refractivity contribution >= 4 is 29.1 Å². The van der Waals surface area contributed by atoms with Crippen molar-refractivity contribution in [3.8, 4) is 5.75 Å². The van der Waals surface area contributed by atoms with Crippen LogP contribution in [-0.2, 0) is 0 Å². The zero-order chi connectivity index (χ0) is 15.4. The van der Waals surface area contributed by atoms with Crippen LogP contribution in [0.25, 0.3) is 0 Å². The van der Waals surface area contributed by atoms with Gasteiger partial charge in [-0.15, -0.1) is 0 Å². The van der Waals surface area contributed by atoms with Gasteiger partial charge in [-0.3, -0.25) is 4.79 Å². The second-order valence-electron chi connectivity index (χ2n) is 4.41. The summed E-state index contributed by atoms with van der Waals surface area (Å²) in [6, 6.07) is 10.3. The summed E-state index contributed by atoms with van der Waals surface area (Å²) >= 11 is 11.7. The maximum Gasteiger partial charge on any atom is 0.254 e. The van der Waals surface area contributed by atoms with Gasteiger partial charge in [-0.05, 0) is 25.1 Å². The molecular formula is C15H14Cl2N2O2. The minimum atomic E-state index is -0.317. The predicted octanol–water partition coefficient (Wildman–Crippen LogP) is 3.89. The lowest BCUT2D eigenvalue weighted by molar-refractivity contribution is 0.0939. The molecule has 0 aliphatic carbocycles. The van der Waals surface area contributed by atoms with Gasteiger partial charge in [0.2, 0.25) is 0 Å². The zero-order valence-electron chi connectivity index (χ0n) is 11.6. The molecule has 0 radical (unpaired) electrons. The van der Waals surface area contributed by atoms with E-state index in [0.717, 1.165) is 5.56 Å². The lowest BCUT2D eigenvalue weighted by Gasteiger charge is -2.17. The van der Waals surface area contributed by atoms with Gasteiger partial charge in [0, 0.05) is 5.56 Å². The summed E-state index contributed by atoms with van der Waals surface area (Å²) in [5, 5.41) is 3.18. The molecule has 0 saturated carbocycles. The van der Waals surface area contributed by atoms with Crippen molar-refractivity contribution in [1.82, 2.24) is 10.3 Å². The standard InChI is InChI=1S/C15H14Cl2N2O2/c1-9(10-5-3-4-6-12(10)21-2)18-15(20)11-7-8-13(16)19-14(11)17/h3-9H,1-2H3,(H,18,20). The number of benzene rings is 1. The number of hydrogen-bond donors (Lipinski definition) is 1. The number of para-hydroxylation sites is 1. The fourth-order valence-corrected chi connectivity index (χ4v) is 2.39. The summed E-state index contributed by atoms with van der Waals surface area (Å²) in [6.45, 7) is 1.87. The zero-order valence-corrected chi connectivity index (χ0v) is 13.1. The third-order valence-corrected chi connectivity index (χ3v) is 3.51. The molecule has 0 fully saturated rings. The number of methoxy groups -OCH3 is 1. The Bertz CT molecular complexity index is 662. The van der Waals surface area contributed by atoms with E-state index in [2.05, 4.69) is 10.3 Å². The second-order valence-corrected chi connectivity index (χ2v) is 5.15. The maximum absolute atomic E-state index is 12.2. The summed E-state index contributed by atoms with van der Waals surface area (Å²) in [5.41, 5.74) is 1.16. The molecule has 0 bridgehead atoms. The minimum Gasteiger partial charge on any atom is -0.496 e. The molecule has 0 spiro atoms. The maximum atomic E-state index is 12.2. The van der Waals surface area contributed by atoms with Crippen LogP contribution in [0.15, 0.2) is 36.4 Å². The summed E-state index contributed by atoms with van der Waals surface area (Å²) in [4.78, 5) is 16.1. The average Bonchev–Trinajstić information content (AvgIpc) is 2.46. The number of aromatic nitrogens is 1. The van der Waals surface area contributed by atoms with E-state index in [1.807, 2.05) is 31.2 Å². The Kier molecular flexibility index (Phi) is 5.04. The molecule has 0 aliphatic heterocycles. The smallest absolute Gasteiger partial charge is 0.254 e. The van der Waals surface area contributed by atoms with Gasteiger partial charge in [0.05, 0.1) is 18.7 Å². The number of amides is 1. The Labute approximate surface area is 133 Å². The first kappa shape index (κ1) is 15.6. The third kappa shape index (κ3) is 3.65. The lowest BCUT2D eigenvalue weighted by Crippen LogP contribution is -2.27. The quantitative estimate of drug-likeness (QED) is 0.868. The number of rotatable bonds is 4. The third-order valence-electron chi connectivity index (χ3n) is 3.01. The highest BCUT2D eigenvalue weighted by Gasteiger charge is 2.17. The molecular weight excluding hydrogens is 311 g/mol. The Morgan fingerprint density at radius 1 is 1.24 bits per heavy atom. The van der Waals surface area contributed by atoms with Crippen LogP contribution < -0.4 is 10.1 Å². The number of hydrogen-bond acceptors (Lipinski definition) is 3. The van der Waals surface area contributed by atoms with E-state index in [1.54, 1.807) is 13.2 Å². The van der Waals surface area contributed by atoms with Crippen LogP contribution in [0.1, 0.15) is 28.9 Å². The van der Waals surface area contributed by atoms with E-state index in [4.69, 9.17) is 27.9 Å². The molecule has 0 aliphatic rings. The number of carbonyl (C=O) groups is 1. The van der Waals surface area contributed by atoms with Crippen LogP contribution in [0.3, 0.4) is 0 Å². The highest BCUT2D eigenvalue weighted by molar-refractivity contribution is 6.34. The Morgan fingerprint density at radius 3 is 2.62 bits per heavy atom. The van der Waals surface area contributed by atoms with Gasteiger partial charge in [-0.1, -0.05) is 41.4 Å². The monoisotopic (exact) mass is 324 g/mol. The van der Waals surface area contributed by atoms with E-state index < -0.39 is 0 Å². The molecule has 1 unspecified atom stereocenters. The lowest BCUT2D eigenvalue weighted by atomic mass is 10.1. The predicted molar refractivity (Wildman–Crippen MR) is 83.1 cm³/mol. The van der Waals surface area contributed by atoms with Crippen LogP contribution >= 0.6 is 23.2 Å². The summed E-state index contributed by atoms with van der Waals surface area (Å²) in [6.07, 6.45) is 0. The van der Waals surface area contributed by atoms with Crippen LogP contribution in [0.5, 0.6) is 5.75 Å². The second kappa shape index (κ2) is 6.78. The fraction of sp³-hybridized carbons (Fsp3) is 0.200. The SMILES string of the molecule is COc1ccccc1C(C)NC(=O)c1ccc(Cl)nc1Cl. The van der Waals surface area contributed by atoms with Gasteiger partial charge in [0.25, 0.3) is 5.91 Å². The Balaban J connectivity index is 2.19. The van der Waals surface area contributed by atoms with E-state index in [9.17, 15) is 4.79 Å². The van der Waals surface area contributed by atoms with Crippen molar-refractivity contribution in [2.75, 3.05) is 7.11 Å². The molecule has 1 aromatic heterocycles. The van der Waals surface area contributed by atoms with Crippen LogP contribution in [-0.4, -0.2) is 18.0 Å². The molecule has 1 aromatic carbocycles. The van der Waals surface area contributed by atoms with Crippen LogP contribution in [0.2, 0.25) is 10.3 Å². The van der Waals surface area contributed by atoms with Crippen molar-refractivity contribution in [2.24, 2.45) is 0 Å². The molecule has 6 heteroatoms. The number of nitrogens with zero attached hydrogens (tertiary/aromatic N) is 1. The topological polar surface area (TPSA) is 51.2 Å². The van der Waals surface area contributed by atoms with Crippen LogP contribution in [0, 0.1) is 0 Å². The van der Waals surface area contributed by atoms with E-state index in [-0.39, 0.29) is 27.8 Å². The highest BCUT2D eigenvalue weighted by atomic mass is 35.5. The number of ether oxygens (including phenoxy) is 1. The first-order chi connectivity index (χ1) is 10.0.